The average molecular weight is 320 g/mol. The molecule has 1 saturated heterocycles. The van der Waals surface area contributed by atoms with E-state index in [0.29, 0.717) is 5.15 Å². The van der Waals surface area contributed by atoms with E-state index < -0.39 is 0 Å². The predicted octanol–water partition coefficient (Wildman–Crippen LogP) is 2.12. The van der Waals surface area contributed by atoms with Gasteiger partial charge in [0.2, 0.25) is 0 Å². The van der Waals surface area contributed by atoms with Crippen LogP contribution in [0.2, 0.25) is 5.15 Å². The Labute approximate surface area is 115 Å². The Morgan fingerprint density at radius 3 is 2.65 bits per heavy atom. The van der Waals surface area contributed by atoms with Crippen molar-refractivity contribution in [2.24, 2.45) is 0 Å². The maximum absolute atomic E-state index is 6.09. The molecule has 0 radical (unpaired) electrons. The molecule has 0 spiro atoms. The van der Waals surface area contributed by atoms with E-state index in [9.17, 15) is 0 Å². The lowest BCUT2D eigenvalue weighted by molar-refractivity contribution is 0.109. The Balaban J connectivity index is 2.32. The van der Waals surface area contributed by atoms with Crippen molar-refractivity contribution in [3.63, 3.8) is 0 Å². The summed E-state index contributed by atoms with van der Waals surface area (Å²) in [7, 11) is 4.22. The first kappa shape index (κ1) is 13.2. The van der Waals surface area contributed by atoms with Crippen LogP contribution in [0.4, 0.5) is 0 Å². The number of nitrogens with zero attached hydrogens (tertiary/aromatic N) is 4. The molecule has 2 rings (SSSR count). The van der Waals surface area contributed by atoms with Gasteiger partial charge in [0, 0.05) is 19.6 Å². The van der Waals surface area contributed by atoms with Crippen LogP contribution < -0.4 is 0 Å². The van der Waals surface area contributed by atoms with Crippen LogP contribution in [0.5, 0.6) is 0 Å². The normalized spacial score (nSPS) is 23.0. The summed E-state index contributed by atoms with van der Waals surface area (Å²) >= 11 is 9.48. The molecule has 1 atom stereocenters. The lowest BCUT2D eigenvalue weighted by Crippen LogP contribution is -2.45. The molecule has 2 heterocycles. The second-order valence-electron chi connectivity index (χ2n) is 4.53. The molecule has 1 fully saturated rings. The summed E-state index contributed by atoms with van der Waals surface area (Å²) in [5.41, 5.74) is 0.890. The highest BCUT2D eigenvalue weighted by Gasteiger charge is 2.26. The predicted molar refractivity (Wildman–Crippen MR) is 72.3 cm³/mol. The van der Waals surface area contributed by atoms with Crippen LogP contribution in [0.3, 0.4) is 0 Å². The average Bonchev–Trinajstić information content (AvgIpc) is 2.28. The Morgan fingerprint density at radius 2 is 2.00 bits per heavy atom. The molecule has 0 aliphatic carbocycles. The summed E-state index contributed by atoms with van der Waals surface area (Å²) in [6.07, 6.45) is 0. The second kappa shape index (κ2) is 5.18. The number of aryl methyl sites for hydroxylation is 1. The minimum Gasteiger partial charge on any atom is -0.303 e. The van der Waals surface area contributed by atoms with Crippen molar-refractivity contribution in [3.05, 3.63) is 21.1 Å². The van der Waals surface area contributed by atoms with Crippen molar-refractivity contribution in [1.29, 1.82) is 0 Å². The SMILES string of the molecule is Cc1nc(C2CN(C)CCN2C)nc(Cl)c1Br. The fourth-order valence-corrected chi connectivity index (χ4v) is 2.38. The lowest BCUT2D eigenvalue weighted by Gasteiger charge is -2.36. The van der Waals surface area contributed by atoms with Crippen LogP contribution in [-0.4, -0.2) is 53.5 Å². The highest BCUT2D eigenvalue weighted by molar-refractivity contribution is 9.10. The van der Waals surface area contributed by atoms with Gasteiger partial charge in [-0.15, -0.1) is 0 Å². The highest BCUT2D eigenvalue weighted by atomic mass is 79.9. The summed E-state index contributed by atoms with van der Waals surface area (Å²) < 4.78 is 0.787. The molecule has 94 valence electrons. The van der Waals surface area contributed by atoms with Crippen molar-refractivity contribution >= 4 is 27.5 Å². The van der Waals surface area contributed by atoms with Crippen molar-refractivity contribution < 1.29 is 0 Å². The first-order chi connectivity index (χ1) is 7.99. The quantitative estimate of drug-likeness (QED) is 0.742. The standard InChI is InChI=1S/C11H16BrClN4/c1-7-9(12)10(13)15-11(14-7)8-6-16(2)4-5-17(8)3/h8H,4-6H2,1-3H3. The monoisotopic (exact) mass is 318 g/mol. The maximum Gasteiger partial charge on any atom is 0.148 e. The molecule has 0 amide bonds. The van der Waals surface area contributed by atoms with Crippen LogP contribution in [0, 0.1) is 6.92 Å². The summed E-state index contributed by atoms with van der Waals surface area (Å²) in [5, 5.41) is 0.495. The molecule has 0 N–H and O–H groups in total. The number of hydrogen-bond acceptors (Lipinski definition) is 4. The van der Waals surface area contributed by atoms with Crippen molar-refractivity contribution in [2.75, 3.05) is 33.7 Å². The fraction of sp³-hybridized carbons (Fsp3) is 0.636. The second-order valence-corrected chi connectivity index (χ2v) is 5.68. The first-order valence-corrected chi connectivity index (χ1v) is 6.74. The Hall–Kier alpha value is -0.230. The van der Waals surface area contributed by atoms with E-state index >= 15 is 0 Å². The summed E-state index contributed by atoms with van der Waals surface area (Å²) in [6, 6.07) is 0.220. The third-order valence-corrected chi connectivity index (χ3v) is 4.59. The van der Waals surface area contributed by atoms with Gasteiger partial charge in [-0.05, 0) is 36.9 Å². The van der Waals surface area contributed by atoms with Gasteiger partial charge < -0.3 is 4.90 Å². The molecule has 0 saturated carbocycles. The van der Waals surface area contributed by atoms with Gasteiger partial charge in [-0.3, -0.25) is 4.90 Å². The number of likely N-dealkylation sites (N-methyl/N-ethyl adjacent to an activating group) is 2. The van der Waals surface area contributed by atoms with Crippen LogP contribution in [-0.2, 0) is 0 Å². The first-order valence-electron chi connectivity index (χ1n) is 5.57. The topological polar surface area (TPSA) is 32.3 Å². The maximum atomic E-state index is 6.09. The zero-order chi connectivity index (χ0) is 12.6. The van der Waals surface area contributed by atoms with Gasteiger partial charge in [-0.2, -0.15) is 0 Å². The van der Waals surface area contributed by atoms with Crippen molar-refractivity contribution in [3.8, 4) is 0 Å². The van der Waals surface area contributed by atoms with E-state index in [4.69, 9.17) is 11.6 Å². The van der Waals surface area contributed by atoms with Crippen LogP contribution in [0.15, 0.2) is 4.47 Å². The molecule has 1 aromatic rings. The van der Waals surface area contributed by atoms with Gasteiger partial charge in [0.25, 0.3) is 0 Å². The molecule has 1 unspecified atom stereocenters. The van der Waals surface area contributed by atoms with Gasteiger partial charge in [0.05, 0.1) is 16.2 Å². The van der Waals surface area contributed by atoms with E-state index in [0.717, 1.165) is 35.6 Å². The molecular formula is C11H16BrClN4. The van der Waals surface area contributed by atoms with E-state index in [-0.39, 0.29) is 6.04 Å². The third kappa shape index (κ3) is 2.78. The summed E-state index contributed by atoms with van der Waals surface area (Å²) in [6.45, 7) is 4.98. The van der Waals surface area contributed by atoms with E-state index in [1.165, 1.54) is 0 Å². The molecule has 6 heteroatoms. The smallest absolute Gasteiger partial charge is 0.148 e. The van der Waals surface area contributed by atoms with Gasteiger partial charge in [0.15, 0.2) is 0 Å². The molecule has 1 aromatic heterocycles. The molecule has 4 nitrogen and oxygen atoms in total. The van der Waals surface area contributed by atoms with Crippen LogP contribution in [0.1, 0.15) is 17.6 Å². The minimum absolute atomic E-state index is 0.220. The molecule has 1 aliphatic rings. The number of hydrogen-bond donors (Lipinski definition) is 0. The molecule has 17 heavy (non-hydrogen) atoms. The number of rotatable bonds is 1. The Kier molecular flexibility index (Phi) is 4.02. The van der Waals surface area contributed by atoms with Gasteiger partial charge in [-0.25, -0.2) is 9.97 Å². The van der Waals surface area contributed by atoms with E-state index in [1.807, 2.05) is 6.92 Å². The zero-order valence-electron chi connectivity index (χ0n) is 10.2. The van der Waals surface area contributed by atoms with Crippen LogP contribution in [0.25, 0.3) is 0 Å². The van der Waals surface area contributed by atoms with Gasteiger partial charge >= 0.3 is 0 Å². The minimum atomic E-state index is 0.220. The summed E-state index contributed by atoms with van der Waals surface area (Å²) in [4.78, 5) is 13.5. The molecule has 0 aromatic carbocycles. The van der Waals surface area contributed by atoms with E-state index in [1.54, 1.807) is 0 Å². The van der Waals surface area contributed by atoms with Crippen LogP contribution >= 0.6 is 27.5 Å². The number of halogens is 2. The third-order valence-electron chi connectivity index (χ3n) is 3.14. The fourth-order valence-electron chi connectivity index (χ4n) is 1.98. The molecular weight excluding hydrogens is 304 g/mol. The Bertz CT molecular complexity index is 403. The van der Waals surface area contributed by atoms with Crippen molar-refractivity contribution in [1.82, 2.24) is 19.8 Å². The molecule has 1 aliphatic heterocycles. The summed E-state index contributed by atoms with van der Waals surface area (Å²) in [5.74, 6) is 0.810. The molecule has 0 bridgehead atoms. The zero-order valence-corrected chi connectivity index (χ0v) is 12.6. The largest absolute Gasteiger partial charge is 0.303 e. The highest BCUT2D eigenvalue weighted by Crippen LogP contribution is 2.27. The van der Waals surface area contributed by atoms with Crippen molar-refractivity contribution in [2.45, 2.75) is 13.0 Å². The lowest BCUT2D eigenvalue weighted by atomic mass is 10.1. The van der Waals surface area contributed by atoms with E-state index in [2.05, 4.69) is 49.8 Å². The van der Waals surface area contributed by atoms with Gasteiger partial charge in [0.1, 0.15) is 11.0 Å². The number of piperazine rings is 1. The Morgan fingerprint density at radius 1 is 1.29 bits per heavy atom. The number of aromatic nitrogens is 2. The van der Waals surface area contributed by atoms with Gasteiger partial charge in [-0.1, -0.05) is 11.6 Å².